The van der Waals surface area contributed by atoms with E-state index in [1.54, 1.807) is 0 Å². The molecule has 5 nitrogen and oxygen atoms in total. The van der Waals surface area contributed by atoms with Gasteiger partial charge in [-0.15, -0.1) is 0 Å². The lowest BCUT2D eigenvalue weighted by Gasteiger charge is -2.24. The zero-order valence-electron chi connectivity index (χ0n) is 10.4. The fourth-order valence-electron chi connectivity index (χ4n) is 1.88. The predicted molar refractivity (Wildman–Crippen MR) is 65.3 cm³/mol. The van der Waals surface area contributed by atoms with Crippen LogP contribution in [0.3, 0.4) is 0 Å². The van der Waals surface area contributed by atoms with E-state index in [2.05, 4.69) is 0 Å². The zero-order chi connectivity index (χ0) is 13.3. The molecule has 0 aliphatic heterocycles. The maximum absolute atomic E-state index is 11.9. The van der Waals surface area contributed by atoms with Gasteiger partial charge in [-0.3, -0.25) is 10.1 Å². The van der Waals surface area contributed by atoms with Gasteiger partial charge in [-0.2, -0.15) is 0 Å². The minimum atomic E-state index is -0.497. The van der Waals surface area contributed by atoms with Crippen LogP contribution in [-0.2, 0) is 4.74 Å². The molecule has 0 atom stereocenters. The summed E-state index contributed by atoms with van der Waals surface area (Å²) >= 11 is 0. The van der Waals surface area contributed by atoms with Crippen molar-refractivity contribution in [2.75, 3.05) is 0 Å². The minimum Gasteiger partial charge on any atom is -0.456 e. The summed E-state index contributed by atoms with van der Waals surface area (Å²) in [5, 5.41) is 10.5. The number of rotatable bonds is 4. The number of nitro groups is 1. The van der Waals surface area contributed by atoms with Crippen LogP contribution in [0.5, 0.6) is 0 Å². The van der Waals surface area contributed by atoms with Crippen LogP contribution < -0.4 is 0 Å². The first-order valence-electron chi connectivity index (χ1n) is 5.88. The number of carbonyl (C=O) groups excluding carboxylic acids is 1. The highest BCUT2D eigenvalue weighted by atomic mass is 16.6. The van der Waals surface area contributed by atoms with E-state index >= 15 is 0 Å². The first kappa shape index (κ1) is 12.5. The van der Waals surface area contributed by atoms with E-state index in [9.17, 15) is 14.9 Å². The molecule has 0 bridgehead atoms. The molecule has 1 aliphatic rings. The summed E-state index contributed by atoms with van der Waals surface area (Å²) in [6.07, 6.45) is 2.17. The van der Waals surface area contributed by atoms with E-state index in [1.165, 1.54) is 24.3 Å². The molecule has 1 saturated carbocycles. The zero-order valence-corrected chi connectivity index (χ0v) is 10.4. The molecule has 18 heavy (non-hydrogen) atoms. The second-order valence-electron chi connectivity index (χ2n) is 5.07. The molecule has 1 aromatic rings. The van der Waals surface area contributed by atoms with Gasteiger partial charge < -0.3 is 4.74 Å². The van der Waals surface area contributed by atoms with E-state index < -0.39 is 16.5 Å². The standard InChI is InChI=1S/C13H15NO4/c1-13(2,10-5-6-10)18-12(15)9-3-7-11(8-4-9)14(16)17/h3-4,7-8,10H,5-6H2,1-2H3. The SMILES string of the molecule is CC(C)(OC(=O)c1ccc([N+](=O)[O-])cc1)C1CC1. The molecule has 96 valence electrons. The molecule has 0 unspecified atom stereocenters. The van der Waals surface area contributed by atoms with Gasteiger partial charge in [-0.25, -0.2) is 4.79 Å². The number of non-ortho nitro benzene ring substituents is 1. The number of carbonyl (C=O) groups is 1. The molecule has 5 heteroatoms. The number of esters is 1. The van der Waals surface area contributed by atoms with Crippen molar-refractivity contribution in [3.8, 4) is 0 Å². The van der Waals surface area contributed by atoms with E-state index in [1.807, 2.05) is 13.8 Å². The van der Waals surface area contributed by atoms with Gasteiger partial charge in [0.25, 0.3) is 5.69 Å². The van der Waals surface area contributed by atoms with Crippen LogP contribution >= 0.6 is 0 Å². The first-order valence-corrected chi connectivity index (χ1v) is 5.88. The molecule has 0 radical (unpaired) electrons. The van der Waals surface area contributed by atoms with Gasteiger partial charge in [-0.05, 0) is 44.7 Å². The Hall–Kier alpha value is -1.91. The predicted octanol–water partition coefficient (Wildman–Crippen LogP) is 2.94. The van der Waals surface area contributed by atoms with Crippen molar-refractivity contribution in [1.82, 2.24) is 0 Å². The first-order chi connectivity index (χ1) is 8.40. The summed E-state index contributed by atoms with van der Waals surface area (Å²) < 4.78 is 5.44. The quantitative estimate of drug-likeness (QED) is 0.467. The smallest absolute Gasteiger partial charge is 0.338 e. The molecule has 0 saturated heterocycles. The van der Waals surface area contributed by atoms with E-state index in [0.717, 1.165) is 12.8 Å². The van der Waals surface area contributed by atoms with Crippen molar-refractivity contribution in [3.63, 3.8) is 0 Å². The van der Waals surface area contributed by atoms with Crippen molar-refractivity contribution in [2.45, 2.75) is 32.3 Å². The highest BCUT2D eigenvalue weighted by Crippen LogP contribution is 2.41. The Labute approximate surface area is 105 Å². The van der Waals surface area contributed by atoms with Crippen LogP contribution in [0.4, 0.5) is 5.69 Å². The Kier molecular flexibility index (Phi) is 3.07. The van der Waals surface area contributed by atoms with Crippen LogP contribution in [0.1, 0.15) is 37.0 Å². The van der Waals surface area contributed by atoms with Gasteiger partial charge in [-0.1, -0.05) is 0 Å². The summed E-state index contributed by atoms with van der Waals surface area (Å²) in [5.41, 5.74) is -0.152. The van der Waals surface area contributed by atoms with Gasteiger partial charge in [0.1, 0.15) is 5.60 Å². The Morgan fingerprint density at radius 3 is 2.33 bits per heavy atom. The molecule has 1 fully saturated rings. The van der Waals surface area contributed by atoms with Gasteiger partial charge in [0, 0.05) is 12.1 Å². The van der Waals surface area contributed by atoms with Crippen molar-refractivity contribution in [3.05, 3.63) is 39.9 Å². The van der Waals surface area contributed by atoms with Crippen molar-refractivity contribution >= 4 is 11.7 Å². The lowest BCUT2D eigenvalue weighted by atomic mass is 10.0. The van der Waals surface area contributed by atoms with Gasteiger partial charge in [0.2, 0.25) is 0 Å². The van der Waals surface area contributed by atoms with Crippen molar-refractivity contribution in [1.29, 1.82) is 0 Å². The maximum Gasteiger partial charge on any atom is 0.338 e. The third kappa shape index (κ3) is 2.67. The number of nitro benzene ring substituents is 1. The van der Waals surface area contributed by atoms with Crippen molar-refractivity contribution < 1.29 is 14.5 Å². The van der Waals surface area contributed by atoms with E-state index in [-0.39, 0.29) is 5.69 Å². The summed E-state index contributed by atoms with van der Waals surface area (Å²) in [6, 6.07) is 5.45. The van der Waals surface area contributed by atoms with Crippen LogP contribution in [0.15, 0.2) is 24.3 Å². The summed E-state index contributed by atoms with van der Waals surface area (Å²) in [6.45, 7) is 3.79. The third-order valence-electron chi connectivity index (χ3n) is 3.23. The third-order valence-corrected chi connectivity index (χ3v) is 3.23. The number of hydrogen-bond donors (Lipinski definition) is 0. The van der Waals surface area contributed by atoms with Crippen LogP contribution in [0.2, 0.25) is 0 Å². The topological polar surface area (TPSA) is 69.4 Å². The monoisotopic (exact) mass is 249 g/mol. The summed E-state index contributed by atoms with van der Waals surface area (Å²) in [7, 11) is 0. The average Bonchev–Trinajstić information content (AvgIpc) is 3.12. The number of benzene rings is 1. The van der Waals surface area contributed by atoms with E-state index in [4.69, 9.17) is 4.74 Å². The van der Waals surface area contributed by atoms with Gasteiger partial charge >= 0.3 is 5.97 Å². The molecule has 0 amide bonds. The van der Waals surface area contributed by atoms with Gasteiger partial charge in [0.05, 0.1) is 10.5 Å². The number of nitrogens with zero attached hydrogens (tertiary/aromatic N) is 1. The summed E-state index contributed by atoms with van der Waals surface area (Å²) in [4.78, 5) is 21.9. The highest BCUT2D eigenvalue weighted by Gasteiger charge is 2.41. The van der Waals surface area contributed by atoms with E-state index in [0.29, 0.717) is 11.5 Å². The number of hydrogen-bond acceptors (Lipinski definition) is 4. The lowest BCUT2D eigenvalue weighted by molar-refractivity contribution is -0.384. The fourth-order valence-corrected chi connectivity index (χ4v) is 1.88. The largest absolute Gasteiger partial charge is 0.456 e. The molecule has 2 rings (SSSR count). The molecule has 0 N–H and O–H groups in total. The van der Waals surface area contributed by atoms with Crippen LogP contribution in [-0.4, -0.2) is 16.5 Å². The average molecular weight is 249 g/mol. The number of ether oxygens (including phenoxy) is 1. The maximum atomic E-state index is 11.9. The Morgan fingerprint density at radius 2 is 1.89 bits per heavy atom. The molecule has 1 aliphatic carbocycles. The Balaban J connectivity index is 2.06. The second kappa shape index (κ2) is 4.40. The molecule has 0 aromatic heterocycles. The lowest BCUT2D eigenvalue weighted by Crippen LogP contribution is -2.30. The van der Waals surface area contributed by atoms with Crippen LogP contribution in [0.25, 0.3) is 0 Å². The molecule has 0 heterocycles. The summed E-state index contributed by atoms with van der Waals surface area (Å²) in [5.74, 6) is 0.00120. The normalized spacial score (nSPS) is 15.2. The molecular weight excluding hydrogens is 234 g/mol. The van der Waals surface area contributed by atoms with Crippen LogP contribution in [0, 0.1) is 16.0 Å². The highest BCUT2D eigenvalue weighted by molar-refractivity contribution is 5.89. The second-order valence-corrected chi connectivity index (χ2v) is 5.07. The minimum absolute atomic E-state index is 0.0343. The van der Waals surface area contributed by atoms with Gasteiger partial charge in [0.15, 0.2) is 0 Å². The fraction of sp³-hybridized carbons (Fsp3) is 0.462. The molecule has 1 aromatic carbocycles. The molecule has 0 spiro atoms. The molecular formula is C13H15NO4. The Bertz CT molecular complexity index is 474. The Morgan fingerprint density at radius 1 is 1.33 bits per heavy atom. The van der Waals surface area contributed by atoms with Crippen molar-refractivity contribution in [2.24, 2.45) is 5.92 Å².